The molecule has 1 aromatic carbocycles. The van der Waals surface area contributed by atoms with Crippen molar-refractivity contribution in [2.45, 2.75) is 32.7 Å². The van der Waals surface area contributed by atoms with Crippen LogP contribution in [0.4, 0.5) is 19.0 Å². The van der Waals surface area contributed by atoms with Crippen LogP contribution in [0.15, 0.2) is 59.5 Å². The first-order valence-corrected chi connectivity index (χ1v) is 11.8. The lowest BCUT2D eigenvalue weighted by atomic mass is 9.99. The number of aryl methyl sites for hydroxylation is 1. The van der Waals surface area contributed by atoms with Crippen LogP contribution < -0.4 is 5.32 Å². The molecule has 0 saturated heterocycles. The predicted molar refractivity (Wildman–Crippen MR) is 133 cm³/mol. The fourth-order valence-corrected chi connectivity index (χ4v) is 4.45. The quantitative estimate of drug-likeness (QED) is 0.339. The Hall–Kier alpha value is -4.21. The molecule has 1 N–H and O–H groups in total. The van der Waals surface area contributed by atoms with Gasteiger partial charge in [0.1, 0.15) is 23.7 Å². The Kier molecular flexibility index (Phi) is 6.64. The van der Waals surface area contributed by atoms with Gasteiger partial charge in [0.05, 0.1) is 28.8 Å². The van der Waals surface area contributed by atoms with E-state index in [1.165, 1.54) is 24.7 Å². The largest absolute Gasteiger partial charge is 0.472 e. The summed E-state index contributed by atoms with van der Waals surface area (Å²) in [5.41, 5.74) is 2.34. The molecular weight excluding hydrogens is 483 g/mol. The minimum atomic E-state index is -2.91. The maximum atomic E-state index is 14.7. The van der Waals surface area contributed by atoms with Crippen LogP contribution in [0.2, 0.25) is 0 Å². The highest BCUT2D eigenvalue weighted by Gasteiger charge is 2.22. The molecule has 190 valence electrons. The summed E-state index contributed by atoms with van der Waals surface area (Å²) in [5, 5.41) is 3.78. The number of hydrogen-bond acceptors (Lipinski definition) is 6. The Morgan fingerprint density at radius 3 is 2.70 bits per heavy atom. The van der Waals surface area contributed by atoms with Crippen LogP contribution in [0.25, 0.3) is 16.6 Å². The maximum Gasteiger partial charge on any atom is 0.266 e. The van der Waals surface area contributed by atoms with Crippen molar-refractivity contribution in [3.05, 3.63) is 89.0 Å². The van der Waals surface area contributed by atoms with Crippen molar-refractivity contribution >= 4 is 28.3 Å². The number of nitrogens with one attached hydrogen (secondary N) is 1. The smallest absolute Gasteiger partial charge is 0.266 e. The molecule has 0 bridgehead atoms. The first-order chi connectivity index (χ1) is 17.8. The van der Waals surface area contributed by atoms with E-state index >= 15 is 0 Å². The standard InChI is InChI=1S/C27H24F3N5O2/c1-15(20-4-3-5-21(23(20)28)24(29)30)32-26-22-12-19(13-31-25(22)33-16(2)34-26)17-6-9-35(10-7-17)27(36)18-8-11-37-14-18/h3-6,8,11-15,24H,7,9-10H2,1-2H3,(H,31,32,33,34)/t15-/m1/s1. The summed E-state index contributed by atoms with van der Waals surface area (Å²) in [7, 11) is 0. The van der Waals surface area contributed by atoms with Crippen molar-refractivity contribution in [1.82, 2.24) is 19.9 Å². The second-order valence-electron chi connectivity index (χ2n) is 8.87. The van der Waals surface area contributed by atoms with E-state index < -0.39 is 23.8 Å². The molecule has 5 rings (SSSR count). The Labute approximate surface area is 211 Å². The number of amides is 1. The summed E-state index contributed by atoms with van der Waals surface area (Å²) in [5.74, 6) is -0.129. The number of hydrogen-bond donors (Lipinski definition) is 1. The second-order valence-corrected chi connectivity index (χ2v) is 8.87. The van der Waals surface area contributed by atoms with E-state index in [9.17, 15) is 18.0 Å². The molecule has 1 atom stereocenters. The normalized spacial score (nSPS) is 14.6. The molecule has 1 aliphatic heterocycles. The van der Waals surface area contributed by atoms with Crippen LogP contribution in [-0.2, 0) is 0 Å². The third-order valence-electron chi connectivity index (χ3n) is 6.41. The highest BCUT2D eigenvalue weighted by atomic mass is 19.3. The molecule has 3 aromatic heterocycles. The van der Waals surface area contributed by atoms with Gasteiger partial charge in [-0.1, -0.05) is 24.3 Å². The lowest BCUT2D eigenvalue weighted by molar-refractivity contribution is 0.0772. The third kappa shape index (κ3) is 4.91. The van der Waals surface area contributed by atoms with Gasteiger partial charge in [0.15, 0.2) is 5.65 Å². The number of benzene rings is 1. The Morgan fingerprint density at radius 1 is 1.19 bits per heavy atom. The summed E-state index contributed by atoms with van der Waals surface area (Å²) in [6.07, 6.45) is 4.35. The highest BCUT2D eigenvalue weighted by molar-refractivity contribution is 5.94. The van der Waals surface area contributed by atoms with E-state index in [1.807, 2.05) is 12.1 Å². The van der Waals surface area contributed by atoms with Crippen molar-refractivity contribution < 1.29 is 22.4 Å². The third-order valence-corrected chi connectivity index (χ3v) is 6.41. The van der Waals surface area contributed by atoms with Gasteiger partial charge >= 0.3 is 0 Å². The van der Waals surface area contributed by atoms with E-state index in [1.54, 1.807) is 31.0 Å². The van der Waals surface area contributed by atoms with Gasteiger partial charge in [0.2, 0.25) is 0 Å². The molecule has 1 aliphatic rings. The zero-order valence-electron chi connectivity index (χ0n) is 20.2. The molecule has 0 fully saturated rings. The number of fused-ring (bicyclic) bond motifs is 1. The maximum absolute atomic E-state index is 14.7. The van der Waals surface area contributed by atoms with Crippen LogP contribution >= 0.6 is 0 Å². The molecule has 37 heavy (non-hydrogen) atoms. The van der Waals surface area contributed by atoms with Gasteiger partial charge in [0, 0.05) is 24.8 Å². The van der Waals surface area contributed by atoms with Crippen LogP contribution in [0, 0.1) is 12.7 Å². The lowest BCUT2D eigenvalue weighted by Crippen LogP contribution is -2.34. The molecule has 1 amide bonds. The zero-order valence-corrected chi connectivity index (χ0v) is 20.2. The van der Waals surface area contributed by atoms with E-state index in [4.69, 9.17) is 4.42 Å². The van der Waals surface area contributed by atoms with Gasteiger partial charge in [-0.2, -0.15) is 0 Å². The summed E-state index contributed by atoms with van der Waals surface area (Å²) in [4.78, 5) is 27.7. The Morgan fingerprint density at radius 2 is 2.00 bits per heavy atom. The average molecular weight is 508 g/mol. The first kappa shape index (κ1) is 24.5. The van der Waals surface area contributed by atoms with E-state index in [2.05, 4.69) is 20.3 Å². The van der Waals surface area contributed by atoms with Gasteiger partial charge in [-0.3, -0.25) is 4.79 Å². The fourth-order valence-electron chi connectivity index (χ4n) is 4.45. The van der Waals surface area contributed by atoms with Crippen molar-refractivity contribution in [2.24, 2.45) is 0 Å². The van der Waals surface area contributed by atoms with Crippen LogP contribution in [0.3, 0.4) is 0 Å². The number of carbonyl (C=O) groups excluding carboxylic acids is 1. The minimum absolute atomic E-state index is 0.0896. The number of anilines is 1. The number of furan rings is 1. The fraction of sp³-hybridized carbons (Fsp3) is 0.259. The number of halogens is 3. The molecule has 0 radical (unpaired) electrons. The van der Waals surface area contributed by atoms with Crippen molar-refractivity contribution in [2.75, 3.05) is 18.4 Å². The van der Waals surface area contributed by atoms with E-state index in [-0.39, 0.29) is 11.5 Å². The highest BCUT2D eigenvalue weighted by Crippen LogP contribution is 2.32. The summed E-state index contributed by atoms with van der Waals surface area (Å²) < 4.78 is 46.2. The van der Waals surface area contributed by atoms with E-state index in [0.717, 1.165) is 17.2 Å². The van der Waals surface area contributed by atoms with Crippen molar-refractivity contribution in [1.29, 1.82) is 0 Å². The van der Waals surface area contributed by atoms with Gasteiger partial charge in [0.25, 0.3) is 12.3 Å². The molecule has 0 spiro atoms. The lowest BCUT2D eigenvalue weighted by Gasteiger charge is -2.26. The summed E-state index contributed by atoms with van der Waals surface area (Å²) in [6, 6.07) is 6.87. The molecule has 7 nitrogen and oxygen atoms in total. The van der Waals surface area contributed by atoms with Gasteiger partial charge < -0.3 is 14.6 Å². The summed E-state index contributed by atoms with van der Waals surface area (Å²) in [6.45, 7) is 4.39. The first-order valence-electron chi connectivity index (χ1n) is 11.8. The van der Waals surface area contributed by atoms with Crippen molar-refractivity contribution in [3.8, 4) is 0 Å². The monoisotopic (exact) mass is 507 g/mol. The van der Waals surface area contributed by atoms with Gasteiger partial charge in [-0.15, -0.1) is 0 Å². The van der Waals surface area contributed by atoms with Crippen LogP contribution in [0.5, 0.6) is 0 Å². The Balaban J connectivity index is 1.42. The molecular formula is C27H24F3N5O2. The SMILES string of the molecule is Cc1nc(N[C@H](C)c2cccc(C(F)F)c2F)c2cc(C3=CCN(C(=O)c4ccoc4)CC3)cnc2n1. The number of aromatic nitrogens is 3. The van der Waals surface area contributed by atoms with E-state index in [0.29, 0.717) is 47.7 Å². The molecule has 4 heterocycles. The summed E-state index contributed by atoms with van der Waals surface area (Å²) >= 11 is 0. The van der Waals surface area contributed by atoms with Gasteiger partial charge in [-0.05, 0) is 43.5 Å². The number of carbonyl (C=O) groups is 1. The second kappa shape index (κ2) is 10.0. The Bertz CT molecular complexity index is 1490. The topological polar surface area (TPSA) is 84.2 Å². The number of nitrogens with zero attached hydrogens (tertiary/aromatic N) is 4. The number of alkyl halides is 2. The van der Waals surface area contributed by atoms with Gasteiger partial charge in [-0.25, -0.2) is 28.1 Å². The zero-order chi connectivity index (χ0) is 26.1. The molecule has 0 unspecified atom stereocenters. The predicted octanol–water partition coefficient (Wildman–Crippen LogP) is 6.11. The average Bonchev–Trinajstić information content (AvgIpc) is 3.43. The molecule has 4 aromatic rings. The molecule has 10 heteroatoms. The number of pyridine rings is 1. The van der Waals surface area contributed by atoms with Crippen LogP contribution in [0.1, 0.15) is 58.7 Å². The van der Waals surface area contributed by atoms with Crippen molar-refractivity contribution in [3.63, 3.8) is 0 Å². The molecule has 0 aliphatic carbocycles. The van der Waals surface area contributed by atoms with Crippen LogP contribution in [-0.4, -0.2) is 38.8 Å². The molecule has 0 saturated carbocycles. The number of rotatable bonds is 6. The minimum Gasteiger partial charge on any atom is -0.472 e.